The maximum atomic E-state index is 12.5. The van der Waals surface area contributed by atoms with E-state index in [1.807, 2.05) is 0 Å². The van der Waals surface area contributed by atoms with Crippen LogP contribution in [0, 0.1) is 0 Å². The van der Waals surface area contributed by atoms with Crippen molar-refractivity contribution < 1.29 is 9.90 Å². The molecule has 0 spiro atoms. The molecule has 0 saturated carbocycles. The number of aliphatic hydroxyl groups excluding tert-OH is 1. The third-order valence-corrected chi connectivity index (χ3v) is 4.56. The molecule has 0 radical (unpaired) electrons. The number of imidazole rings is 1. The van der Waals surface area contributed by atoms with Gasteiger partial charge in [-0.25, -0.2) is 4.79 Å². The number of carbonyl (C=O) groups is 1. The van der Waals surface area contributed by atoms with Crippen molar-refractivity contribution in [3.63, 3.8) is 0 Å². The summed E-state index contributed by atoms with van der Waals surface area (Å²) in [7, 11) is 1.65. The highest BCUT2D eigenvalue weighted by atomic mass is 79.9. The molecule has 8 heteroatoms. The molecular formula is C13H13BrClN3O3. The average Bonchev–Trinajstić information content (AvgIpc) is 2.63. The summed E-state index contributed by atoms with van der Waals surface area (Å²) in [6.07, 6.45) is -0.0494. The minimum atomic E-state index is -0.852. The summed E-state index contributed by atoms with van der Waals surface area (Å²) >= 11 is 9.46. The van der Waals surface area contributed by atoms with Gasteiger partial charge in [-0.1, -0.05) is 11.6 Å². The predicted octanol–water partition coefficient (Wildman–Crippen LogP) is 1.53. The highest BCUT2D eigenvalue weighted by molar-refractivity contribution is 9.10. The molecule has 1 aromatic carbocycles. The fourth-order valence-corrected chi connectivity index (χ4v) is 3.82. The summed E-state index contributed by atoms with van der Waals surface area (Å²) in [5.41, 5.74) is 0.992. The van der Waals surface area contributed by atoms with Crippen LogP contribution in [0.4, 0.5) is 0 Å². The van der Waals surface area contributed by atoms with Crippen molar-refractivity contribution >= 4 is 44.5 Å². The van der Waals surface area contributed by atoms with Crippen LogP contribution in [0.3, 0.4) is 0 Å². The van der Waals surface area contributed by atoms with Crippen molar-refractivity contribution in [2.45, 2.75) is 25.1 Å². The molecule has 2 unspecified atom stereocenters. The average molecular weight is 375 g/mol. The zero-order valence-corrected chi connectivity index (χ0v) is 13.5. The Morgan fingerprint density at radius 3 is 2.76 bits per heavy atom. The number of aryl methyl sites for hydroxylation is 1. The SMILES string of the molecule is Cn1c(=O)n(C2CCC(O)NC2=O)c2cc(Cl)cc(Br)c21. The van der Waals surface area contributed by atoms with Gasteiger partial charge in [-0.15, -0.1) is 0 Å². The zero-order chi connectivity index (χ0) is 15.3. The minimum Gasteiger partial charge on any atom is -0.374 e. The Hall–Kier alpha value is -1.31. The number of hydrogen-bond acceptors (Lipinski definition) is 3. The van der Waals surface area contributed by atoms with Crippen LogP contribution in [0.15, 0.2) is 21.4 Å². The first kappa shape index (κ1) is 14.6. The number of amides is 1. The number of piperidine rings is 1. The molecule has 112 valence electrons. The maximum absolute atomic E-state index is 12.5. The smallest absolute Gasteiger partial charge is 0.329 e. The van der Waals surface area contributed by atoms with E-state index in [-0.39, 0.29) is 11.6 Å². The second-order valence-corrected chi connectivity index (χ2v) is 6.38. The van der Waals surface area contributed by atoms with Gasteiger partial charge < -0.3 is 10.4 Å². The number of rotatable bonds is 1. The third-order valence-electron chi connectivity index (χ3n) is 3.73. The van der Waals surface area contributed by atoms with Gasteiger partial charge in [-0.05, 0) is 40.9 Å². The maximum Gasteiger partial charge on any atom is 0.329 e. The molecule has 2 aromatic rings. The monoisotopic (exact) mass is 373 g/mol. The van der Waals surface area contributed by atoms with E-state index in [9.17, 15) is 14.7 Å². The number of aliphatic hydroxyl groups is 1. The predicted molar refractivity (Wildman–Crippen MR) is 82.3 cm³/mol. The second-order valence-electron chi connectivity index (χ2n) is 5.08. The number of aromatic nitrogens is 2. The summed E-state index contributed by atoms with van der Waals surface area (Å²) in [5.74, 6) is -0.362. The van der Waals surface area contributed by atoms with Crippen LogP contribution >= 0.6 is 27.5 Å². The van der Waals surface area contributed by atoms with Gasteiger partial charge in [0.25, 0.3) is 0 Å². The molecule has 2 atom stereocenters. The van der Waals surface area contributed by atoms with Crippen molar-refractivity contribution in [3.05, 3.63) is 32.1 Å². The lowest BCUT2D eigenvalue weighted by atomic mass is 10.1. The van der Waals surface area contributed by atoms with Crippen molar-refractivity contribution in [2.24, 2.45) is 7.05 Å². The third kappa shape index (κ3) is 2.29. The van der Waals surface area contributed by atoms with E-state index in [0.29, 0.717) is 33.4 Å². The van der Waals surface area contributed by atoms with Crippen LogP contribution in [0.5, 0.6) is 0 Å². The summed E-state index contributed by atoms with van der Waals surface area (Å²) in [6.45, 7) is 0. The molecule has 1 saturated heterocycles. The van der Waals surface area contributed by atoms with Crippen LogP contribution in [-0.2, 0) is 11.8 Å². The Balaban J connectivity index is 2.26. The highest BCUT2D eigenvalue weighted by Crippen LogP contribution is 2.30. The first-order valence-corrected chi connectivity index (χ1v) is 7.61. The summed E-state index contributed by atoms with van der Waals surface area (Å²) in [6, 6.07) is 2.73. The van der Waals surface area contributed by atoms with E-state index in [1.165, 1.54) is 9.13 Å². The number of fused-ring (bicyclic) bond motifs is 1. The Bertz CT molecular complexity index is 798. The standard InChI is InChI=1S/C13H13BrClN3O3/c1-17-11-7(14)4-6(15)5-9(11)18(13(17)21)8-2-3-10(19)16-12(8)20/h4-5,8,10,19H,2-3H2,1H3,(H,16,20). The largest absolute Gasteiger partial charge is 0.374 e. The van der Waals surface area contributed by atoms with Crippen LogP contribution in [0.2, 0.25) is 5.02 Å². The molecule has 1 aliphatic rings. The van der Waals surface area contributed by atoms with E-state index in [2.05, 4.69) is 21.2 Å². The first-order chi connectivity index (χ1) is 9.90. The van der Waals surface area contributed by atoms with E-state index >= 15 is 0 Å². The van der Waals surface area contributed by atoms with Crippen LogP contribution in [-0.4, -0.2) is 26.4 Å². The summed E-state index contributed by atoms with van der Waals surface area (Å²) in [4.78, 5) is 24.6. The topological polar surface area (TPSA) is 76.3 Å². The molecule has 3 rings (SSSR count). The Morgan fingerprint density at radius 2 is 2.10 bits per heavy atom. The molecule has 1 fully saturated rings. The lowest BCUT2D eigenvalue weighted by molar-refractivity contribution is -0.130. The van der Waals surface area contributed by atoms with Gasteiger partial charge >= 0.3 is 5.69 Å². The summed E-state index contributed by atoms with van der Waals surface area (Å²) in [5, 5.41) is 12.4. The van der Waals surface area contributed by atoms with Crippen LogP contribution in [0.25, 0.3) is 11.0 Å². The van der Waals surface area contributed by atoms with Crippen LogP contribution < -0.4 is 11.0 Å². The number of carbonyl (C=O) groups excluding carboxylic acids is 1. The van der Waals surface area contributed by atoms with Crippen LogP contribution in [0.1, 0.15) is 18.9 Å². The number of nitrogens with one attached hydrogen (secondary N) is 1. The number of halogens is 2. The molecule has 6 nitrogen and oxygen atoms in total. The van der Waals surface area contributed by atoms with Gasteiger partial charge in [0.1, 0.15) is 12.3 Å². The Labute approximate surface area is 133 Å². The molecular weight excluding hydrogens is 362 g/mol. The Kier molecular flexibility index (Phi) is 3.59. The number of benzene rings is 1. The number of nitrogens with zero attached hydrogens (tertiary/aromatic N) is 2. The van der Waals surface area contributed by atoms with Gasteiger partial charge in [-0.2, -0.15) is 0 Å². The quantitative estimate of drug-likeness (QED) is 0.795. The molecule has 2 N–H and O–H groups in total. The lowest BCUT2D eigenvalue weighted by Crippen LogP contribution is -2.46. The second kappa shape index (κ2) is 5.15. The molecule has 1 aliphatic heterocycles. The fourth-order valence-electron chi connectivity index (χ4n) is 2.76. The van der Waals surface area contributed by atoms with Crippen molar-refractivity contribution in [3.8, 4) is 0 Å². The van der Waals surface area contributed by atoms with Crippen molar-refractivity contribution in [2.75, 3.05) is 0 Å². The van der Waals surface area contributed by atoms with Gasteiger partial charge in [0.05, 0.1) is 11.0 Å². The molecule has 21 heavy (non-hydrogen) atoms. The number of hydrogen-bond donors (Lipinski definition) is 2. The fraction of sp³-hybridized carbons (Fsp3) is 0.385. The van der Waals surface area contributed by atoms with E-state index in [1.54, 1.807) is 19.2 Å². The zero-order valence-electron chi connectivity index (χ0n) is 11.1. The Morgan fingerprint density at radius 1 is 1.38 bits per heavy atom. The minimum absolute atomic E-state index is 0.287. The molecule has 0 aliphatic carbocycles. The van der Waals surface area contributed by atoms with E-state index in [0.717, 1.165) is 0 Å². The molecule has 2 heterocycles. The molecule has 1 aromatic heterocycles. The molecule has 1 amide bonds. The van der Waals surface area contributed by atoms with E-state index < -0.39 is 12.3 Å². The van der Waals surface area contributed by atoms with Gasteiger partial charge in [-0.3, -0.25) is 13.9 Å². The van der Waals surface area contributed by atoms with Gasteiger partial charge in [0.15, 0.2) is 0 Å². The van der Waals surface area contributed by atoms with Crippen molar-refractivity contribution in [1.82, 2.24) is 14.5 Å². The lowest BCUT2D eigenvalue weighted by Gasteiger charge is -2.26. The van der Waals surface area contributed by atoms with Gasteiger partial charge in [0.2, 0.25) is 5.91 Å². The van der Waals surface area contributed by atoms with Gasteiger partial charge in [0, 0.05) is 16.5 Å². The molecule has 0 bridgehead atoms. The highest BCUT2D eigenvalue weighted by Gasteiger charge is 2.31. The van der Waals surface area contributed by atoms with Crippen molar-refractivity contribution in [1.29, 1.82) is 0 Å². The first-order valence-electron chi connectivity index (χ1n) is 6.44. The van der Waals surface area contributed by atoms with E-state index in [4.69, 9.17) is 11.6 Å². The normalized spacial score (nSPS) is 22.6. The summed E-state index contributed by atoms with van der Waals surface area (Å²) < 4.78 is 3.61.